The van der Waals surface area contributed by atoms with E-state index in [1.54, 1.807) is 12.3 Å². The molecule has 5 nitrogen and oxygen atoms in total. The molecule has 1 atom stereocenters. The molecule has 0 bridgehead atoms. The maximum absolute atomic E-state index is 7.26. The first kappa shape index (κ1) is 15.3. The predicted octanol–water partition coefficient (Wildman–Crippen LogP) is 3.69. The number of fused-ring (bicyclic) bond motifs is 2. The van der Waals surface area contributed by atoms with Crippen molar-refractivity contribution in [2.24, 2.45) is 5.73 Å². The second kappa shape index (κ2) is 6.24. The fourth-order valence-corrected chi connectivity index (χ4v) is 2.97. The summed E-state index contributed by atoms with van der Waals surface area (Å²) >= 11 is 9.49. The number of hydrogen-bond acceptors (Lipinski definition) is 4. The van der Waals surface area contributed by atoms with Crippen molar-refractivity contribution in [3.05, 3.63) is 51.2 Å². The minimum atomic E-state index is -0.0592. The van der Waals surface area contributed by atoms with Gasteiger partial charge in [0.1, 0.15) is 29.1 Å². The molecule has 7 heteroatoms. The highest BCUT2D eigenvalue weighted by Gasteiger charge is 2.28. The van der Waals surface area contributed by atoms with Crippen molar-refractivity contribution in [2.45, 2.75) is 5.92 Å². The van der Waals surface area contributed by atoms with E-state index in [1.165, 1.54) is 0 Å². The zero-order chi connectivity index (χ0) is 15.7. The molecule has 0 radical (unpaired) electrons. The van der Waals surface area contributed by atoms with Gasteiger partial charge in [-0.1, -0.05) is 27.5 Å². The van der Waals surface area contributed by atoms with Gasteiger partial charge in [-0.25, -0.2) is 4.98 Å². The predicted molar refractivity (Wildman–Crippen MR) is 88.0 cm³/mol. The van der Waals surface area contributed by atoms with Crippen LogP contribution in [0.15, 0.2) is 34.9 Å². The van der Waals surface area contributed by atoms with Crippen LogP contribution in [0.3, 0.4) is 0 Å². The Kier molecular flexibility index (Phi) is 4.33. The highest BCUT2D eigenvalue weighted by molar-refractivity contribution is 9.10. The topological polar surface area (TPSA) is 81.2 Å². The van der Waals surface area contributed by atoms with Gasteiger partial charge in [0.2, 0.25) is 0 Å². The number of aromatic nitrogens is 1. The average molecular weight is 383 g/mol. The minimum absolute atomic E-state index is 0.00508. The Morgan fingerprint density at radius 3 is 2.91 bits per heavy atom. The molecule has 2 aromatic rings. The lowest BCUT2D eigenvalue weighted by Gasteiger charge is -2.28. The molecular formula is C15H13BrClN3O2. The van der Waals surface area contributed by atoms with Gasteiger partial charge >= 0.3 is 0 Å². The third kappa shape index (κ3) is 3.09. The van der Waals surface area contributed by atoms with E-state index < -0.39 is 0 Å². The van der Waals surface area contributed by atoms with Gasteiger partial charge in [-0.3, -0.25) is 5.41 Å². The molecule has 0 saturated heterocycles. The van der Waals surface area contributed by atoms with Crippen LogP contribution in [0.5, 0.6) is 11.5 Å². The van der Waals surface area contributed by atoms with E-state index >= 15 is 0 Å². The number of nitrogens with two attached hydrogens (primary N) is 1. The molecule has 0 aliphatic carbocycles. The van der Waals surface area contributed by atoms with Crippen molar-refractivity contribution in [2.75, 3.05) is 13.2 Å². The first-order valence-electron chi connectivity index (χ1n) is 6.58. The fourth-order valence-electron chi connectivity index (χ4n) is 2.43. The Labute approximate surface area is 141 Å². The molecule has 1 aliphatic rings. The van der Waals surface area contributed by atoms with Crippen molar-refractivity contribution in [1.82, 2.24) is 4.98 Å². The van der Waals surface area contributed by atoms with Crippen molar-refractivity contribution >= 4 is 33.4 Å². The molecule has 3 N–H and O–H groups in total. The van der Waals surface area contributed by atoms with Gasteiger partial charge in [-0.15, -0.1) is 0 Å². The number of amidine groups is 1. The molecule has 1 aromatic heterocycles. The van der Waals surface area contributed by atoms with Crippen molar-refractivity contribution in [3.63, 3.8) is 0 Å². The molecule has 0 saturated carbocycles. The van der Waals surface area contributed by atoms with Crippen LogP contribution in [0.4, 0.5) is 0 Å². The van der Waals surface area contributed by atoms with Crippen LogP contribution < -0.4 is 10.5 Å². The Balaban J connectivity index is 1.99. The van der Waals surface area contributed by atoms with E-state index in [1.807, 2.05) is 18.2 Å². The first-order valence-corrected chi connectivity index (χ1v) is 7.75. The zero-order valence-corrected chi connectivity index (χ0v) is 13.8. The smallest absolute Gasteiger partial charge is 0.149 e. The van der Waals surface area contributed by atoms with E-state index in [0.717, 1.165) is 21.3 Å². The maximum Gasteiger partial charge on any atom is 0.149 e. The Bertz CT molecular complexity index is 687. The standard InChI is InChI=1S/C15H13BrClN3O2/c16-8-1-2-12-9(3-8)11(6-21-7-15(18)19)10-4-14(17)20-5-13(10)22-12/h1-5,11H,6-7H2,(H3,18,19). The number of hydrogen-bond donors (Lipinski definition) is 2. The zero-order valence-electron chi connectivity index (χ0n) is 11.5. The summed E-state index contributed by atoms with van der Waals surface area (Å²) in [6, 6.07) is 7.59. The molecule has 0 amide bonds. The summed E-state index contributed by atoms with van der Waals surface area (Å²) in [5.41, 5.74) is 7.25. The van der Waals surface area contributed by atoms with Crippen LogP contribution in [0.2, 0.25) is 5.15 Å². The Morgan fingerprint density at radius 1 is 1.36 bits per heavy atom. The van der Waals surface area contributed by atoms with E-state index in [2.05, 4.69) is 20.9 Å². The summed E-state index contributed by atoms with van der Waals surface area (Å²) in [5.74, 6) is 1.36. The van der Waals surface area contributed by atoms with Crippen LogP contribution in [-0.4, -0.2) is 24.0 Å². The fraction of sp³-hybridized carbons (Fsp3) is 0.200. The summed E-state index contributed by atoms with van der Waals surface area (Å²) in [6.07, 6.45) is 1.61. The lowest BCUT2D eigenvalue weighted by Crippen LogP contribution is -2.21. The third-order valence-electron chi connectivity index (χ3n) is 3.35. The van der Waals surface area contributed by atoms with Crippen LogP contribution in [-0.2, 0) is 4.74 Å². The maximum atomic E-state index is 7.26. The molecule has 114 valence electrons. The molecular weight excluding hydrogens is 370 g/mol. The summed E-state index contributed by atoms with van der Waals surface area (Å²) in [5, 5.41) is 7.66. The number of halogens is 2. The SMILES string of the molecule is N=C(N)COCC1c2cc(Br)ccc2Oc2cnc(Cl)cc21. The molecule has 0 fully saturated rings. The molecule has 1 aliphatic heterocycles. The number of benzene rings is 1. The molecule has 22 heavy (non-hydrogen) atoms. The van der Waals surface area contributed by atoms with Gasteiger partial charge in [0.05, 0.1) is 12.8 Å². The summed E-state index contributed by atoms with van der Waals surface area (Å²) in [7, 11) is 0. The molecule has 0 spiro atoms. The first-order chi connectivity index (χ1) is 10.5. The highest BCUT2D eigenvalue weighted by Crippen LogP contribution is 2.45. The van der Waals surface area contributed by atoms with Gasteiger partial charge < -0.3 is 15.2 Å². The lowest BCUT2D eigenvalue weighted by atomic mass is 9.89. The summed E-state index contributed by atoms with van der Waals surface area (Å²) in [4.78, 5) is 4.06. The van der Waals surface area contributed by atoms with Crippen LogP contribution in [0.1, 0.15) is 17.0 Å². The molecule has 1 unspecified atom stereocenters. The molecule has 1 aromatic carbocycles. The number of ether oxygens (including phenoxy) is 2. The number of nitrogens with zero attached hydrogens (tertiary/aromatic N) is 1. The Morgan fingerprint density at radius 2 is 2.14 bits per heavy atom. The highest BCUT2D eigenvalue weighted by atomic mass is 79.9. The normalized spacial score (nSPS) is 15.6. The minimum Gasteiger partial charge on any atom is -0.455 e. The van der Waals surface area contributed by atoms with Gasteiger partial charge in [0.25, 0.3) is 0 Å². The second-order valence-corrected chi connectivity index (χ2v) is 6.22. The summed E-state index contributed by atoms with van der Waals surface area (Å²) in [6.45, 7) is 0.467. The van der Waals surface area contributed by atoms with Gasteiger partial charge in [0, 0.05) is 21.5 Å². The van der Waals surface area contributed by atoms with Crippen molar-refractivity contribution in [3.8, 4) is 11.5 Å². The van der Waals surface area contributed by atoms with Crippen molar-refractivity contribution < 1.29 is 9.47 Å². The second-order valence-electron chi connectivity index (χ2n) is 4.92. The van der Waals surface area contributed by atoms with Crippen LogP contribution >= 0.6 is 27.5 Å². The monoisotopic (exact) mass is 381 g/mol. The van der Waals surface area contributed by atoms with E-state index in [0.29, 0.717) is 17.5 Å². The number of nitrogens with one attached hydrogen (secondary N) is 1. The van der Waals surface area contributed by atoms with Crippen molar-refractivity contribution in [1.29, 1.82) is 5.41 Å². The average Bonchev–Trinajstić information content (AvgIpc) is 2.47. The number of pyridine rings is 1. The third-order valence-corrected chi connectivity index (χ3v) is 4.05. The van der Waals surface area contributed by atoms with E-state index in [4.69, 9.17) is 32.2 Å². The van der Waals surface area contributed by atoms with E-state index in [9.17, 15) is 0 Å². The summed E-state index contributed by atoms with van der Waals surface area (Å²) < 4.78 is 12.4. The van der Waals surface area contributed by atoms with E-state index in [-0.39, 0.29) is 18.4 Å². The van der Waals surface area contributed by atoms with Gasteiger partial charge in [0.15, 0.2) is 0 Å². The quantitative estimate of drug-likeness (QED) is 0.480. The van der Waals surface area contributed by atoms with Gasteiger partial charge in [-0.05, 0) is 24.3 Å². The molecule has 3 rings (SSSR count). The van der Waals surface area contributed by atoms with Crippen LogP contribution in [0, 0.1) is 5.41 Å². The molecule has 2 heterocycles. The largest absolute Gasteiger partial charge is 0.455 e. The lowest BCUT2D eigenvalue weighted by molar-refractivity contribution is 0.159. The van der Waals surface area contributed by atoms with Crippen LogP contribution in [0.25, 0.3) is 0 Å². The number of rotatable bonds is 4. The Hall–Kier alpha value is -1.63. The van der Waals surface area contributed by atoms with Gasteiger partial charge in [-0.2, -0.15) is 0 Å².